The van der Waals surface area contributed by atoms with Crippen LogP contribution in [0.2, 0.25) is 5.02 Å². The Morgan fingerprint density at radius 2 is 2.00 bits per heavy atom. The molecule has 5 nitrogen and oxygen atoms in total. The molecule has 0 unspecified atom stereocenters. The smallest absolute Gasteiger partial charge is 0.262 e. The first kappa shape index (κ1) is 17.2. The summed E-state index contributed by atoms with van der Waals surface area (Å²) in [5.41, 5.74) is 1.16. The van der Waals surface area contributed by atoms with Crippen molar-refractivity contribution >= 4 is 28.5 Å². The van der Waals surface area contributed by atoms with Crippen LogP contribution in [0.5, 0.6) is 5.75 Å². The molecule has 0 fully saturated rings. The van der Waals surface area contributed by atoms with Crippen molar-refractivity contribution in [2.45, 2.75) is 6.42 Å². The molecule has 0 atom stereocenters. The summed E-state index contributed by atoms with van der Waals surface area (Å²) in [5, 5.41) is 3.28. The van der Waals surface area contributed by atoms with Gasteiger partial charge in [-0.1, -0.05) is 23.7 Å². The molecule has 0 amide bonds. The van der Waals surface area contributed by atoms with Gasteiger partial charge in [-0.15, -0.1) is 0 Å². The molecule has 3 rings (SSSR count). The fourth-order valence-corrected chi connectivity index (χ4v) is 2.69. The molecule has 1 heterocycles. The van der Waals surface area contributed by atoms with Crippen molar-refractivity contribution in [3.05, 3.63) is 63.2 Å². The summed E-state index contributed by atoms with van der Waals surface area (Å²) in [7, 11) is 3.22. The fourth-order valence-electron chi connectivity index (χ4n) is 2.54. The second-order valence-corrected chi connectivity index (χ2v) is 6.02. The zero-order valence-electron chi connectivity index (χ0n) is 13.8. The minimum Gasteiger partial charge on any atom is -0.497 e. The van der Waals surface area contributed by atoms with Crippen molar-refractivity contribution in [3.63, 3.8) is 0 Å². The van der Waals surface area contributed by atoms with E-state index in [1.165, 1.54) is 10.6 Å². The molecule has 0 spiro atoms. The van der Waals surface area contributed by atoms with E-state index in [2.05, 4.69) is 10.3 Å². The van der Waals surface area contributed by atoms with Crippen molar-refractivity contribution in [1.29, 1.82) is 0 Å². The van der Waals surface area contributed by atoms with Crippen molar-refractivity contribution in [1.82, 2.24) is 9.55 Å². The molecule has 0 aliphatic heterocycles. The summed E-state index contributed by atoms with van der Waals surface area (Å²) < 4.78 is 20.1. The maximum Gasteiger partial charge on any atom is 0.262 e. The quantitative estimate of drug-likeness (QED) is 0.756. The number of halogens is 2. The highest BCUT2D eigenvalue weighted by Crippen LogP contribution is 2.20. The van der Waals surface area contributed by atoms with Gasteiger partial charge >= 0.3 is 0 Å². The molecular weight excluding hydrogens is 345 g/mol. The average Bonchev–Trinajstić information content (AvgIpc) is 2.62. The number of nitrogens with one attached hydrogen (secondary N) is 1. The Morgan fingerprint density at radius 3 is 2.68 bits per heavy atom. The van der Waals surface area contributed by atoms with Crippen LogP contribution in [0.3, 0.4) is 0 Å². The molecule has 3 aromatic rings. The monoisotopic (exact) mass is 361 g/mol. The van der Waals surface area contributed by atoms with E-state index in [-0.39, 0.29) is 16.0 Å². The lowest BCUT2D eigenvalue weighted by atomic mass is 10.1. The predicted octanol–water partition coefficient (Wildman–Crippen LogP) is 3.39. The lowest BCUT2D eigenvalue weighted by Crippen LogP contribution is -2.23. The number of anilines is 1. The minimum atomic E-state index is -0.631. The van der Waals surface area contributed by atoms with Gasteiger partial charge in [0.1, 0.15) is 11.6 Å². The number of rotatable bonds is 5. The van der Waals surface area contributed by atoms with Crippen LogP contribution in [-0.2, 0) is 13.5 Å². The Balaban J connectivity index is 1.80. The predicted molar refractivity (Wildman–Crippen MR) is 97.1 cm³/mol. The van der Waals surface area contributed by atoms with Gasteiger partial charge in [-0.2, -0.15) is 0 Å². The summed E-state index contributed by atoms with van der Waals surface area (Å²) in [4.78, 5) is 16.8. The number of aromatic nitrogens is 2. The molecule has 25 heavy (non-hydrogen) atoms. The van der Waals surface area contributed by atoms with Crippen LogP contribution in [0.15, 0.2) is 41.2 Å². The highest BCUT2D eigenvalue weighted by Gasteiger charge is 2.11. The molecule has 0 saturated heterocycles. The van der Waals surface area contributed by atoms with Crippen LogP contribution in [-0.4, -0.2) is 23.2 Å². The van der Waals surface area contributed by atoms with Crippen molar-refractivity contribution < 1.29 is 9.13 Å². The Hall–Kier alpha value is -2.60. The van der Waals surface area contributed by atoms with Gasteiger partial charge in [-0.05, 0) is 36.2 Å². The molecule has 1 aromatic heterocycles. The van der Waals surface area contributed by atoms with E-state index in [1.54, 1.807) is 14.2 Å². The second kappa shape index (κ2) is 7.11. The Bertz CT molecular complexity index is 971. The van der Waals surface area contributed by atoms with Gasteiger partial charge in [0.2, 0.25) is 5.95 Å². The van der Waals surface area contributed by atoms with Gasteiger partial charge < -0.3 is 10.1 Å². The van der Waals surface area contributed by atoms with Crippen molar-refractivity contribution in [3.8, 4) is 5.75 Å². The van der Waals surface area contributed by atoms with E-state index in [0.29, 0.717) is 18.0 Å². The second-order valence-electron chi connectivity index (χ2n) is 5.61. The van der Waals surface area contributed by atoms with Gasteiger partial charge in [-0.3, -0.25) is 9.36 Å². The molecule has 0 radical (unpaired) electrons. The van der Waals surface area contributed by atoms with Gasteiger partial charge in [0.25, 0.3) is 5.56 Å². The molecule has 1 N–H and O–H groups in total. The van der Waals surface area contributed by atoms with Crippen molar-refractivity contribution in [2.24, 2.45) is 7.05 Å². The number of benzene rings is 2. The lowest BCUT2D eigenvalue weighted by molar-refractivity contribution is 0.414. The third-order valence-corrected chi connectivity index (χ3v) is 4.26. The number of fused-ring (bicyclic) bond motifs is 1. The van der Waals surface area contributed by atoms with E-state index < -0.39 is 5.82 Å². The summed E-state index contributed by atoms with van der Waals surface area (Å²) in [6.45, 7) is 0.590. The molecule has 0 aliphatic carbocycles. The maximum absolute atomic E-state index is 13.6. The molecule has 130 valence electrons. The van der Waals surface area contributed by atoms with E-state index in [1.807, 2.05) is 24.3 Å². The van der Waals surface area contributed by atoms with Crippen LogP contribution < -0.4 is 15.6 Å². The van der Waals surface area contributed by atoms with Gasteiger partial charge in [-0.25, -0.2) is 9.37 Å². The Labute approximate surface area is 149 Å². The fraction of sp³-hybridized carbons (Fsp3) is 0.222. The number of hydrogen-bond acceptors (Lipinski definition) is 4. The summed E-state index contributed by atoms with van der Waals surface area (Å²) in [6, 6.07) is 10.2. The minimum absolute atomic E-state index is 0.0579. The largest absolute Gasteiger partial charge is 0.497 e. The van der Waals surface area contributed by atoms with Crippen LogP contribution >= 0.6 is 11.6 Å². The summed E-state index contributed by atoms with van der Waals surface area (Å²) in [6.07, 6.45) is 0.752. The van der Waals surface area contributed by atoms with Crippen LogP contribution in [0, 0.1) is 5.82 Å². The number of hydrogen-bond donors (Lipinski definition) is 1. The first-order valence-corrected chi connectivity index (χ1v) is 8.10. The zero-order chi connectivity index (χ0) is 18.0. The molecule has 0 aliphatic rings. The van der Waals surface area contributed by atoms with Crippen molar-refractivity contribution in [2.75, 3.05) is 19.0 Å². The first-order valence-electron chi connectivity index (χ1n) is 7.72. The van der Waals surface area contributed by atoms with E-state index in [0.717, 1.165) is 23.8 Å². The molecule has 2 aromatic carbocycles. The summed E-state index contributed by atoms with van der Waals surface area (Å²) in [5.74, 6) is 0.585. The molecular formula is C18H17ClFN3O2. The Kier molecular flexibility index (Phi) is 4.90. The standard InChI is InChI=1S/C18H17ClFN3O2/c1-23-17(24)13-9-15(20)14(19)10-16(13)22-18(23)21-8-7-11-3-5-12(25-2)6-4-11/h3-6,9-10H,7-8H2,1-2H3,(H,21,22). The third kappa shape index (κ3) is 3.58. The number of nitrogens with zero attached hydrogens (tertiary/aromatic N) is 2. The molecule has 7 heteroatoms. The topological polar surface area (TPSA) is 56.1 Å². The average molecular weight is 362 g/mol. The summed E-state index contributed by atoms with van der Waals surface area (Å²) >= 11 is 5.79. The number of methoxy groups -OCH3 is 1. The highest BCUT2D eigenvalue weighted by molar-refractivity contribution is 6.31. The molecule has 0 saturated carbocycles. The van der Waals surface area contributed by atoms with E-state index in [4.69, 9.17) is 16.3 Å². The third-order valence-electron chi connectivity index (χ3n) is 3.97. The van der Waals surface area contributed by atoms with Crippen LogP contribution in [0.1, 0.15) is 5.56 Å². The zero-order valence-corrected chi connectivity index (χ0v) is 14.6. The van der Waals surface area contributed by atoms with Crippen LogP contribution in [0.25, 0.3) is 10.9 Å². The number of ether oxygens (including phenoxy) is 1. The van der Waals surface area contributed by atoms with Gasteiger partial charge in [0.05, 0.1) is 23.0 Å². The van der Waals surface area contributed by atoms with E-state index in [9.17, 15) is 9.18 Å². The van der Waals surface area contributed by atoms with Gasteiger partial charge in [0.15, 0.2) is 0 Å². The molecule has 0 bridgehead atoms. The maximum atomic E-state index is 13.6. The SMILES string of the molecule is COc1ccc(CCNc2nc3cc(Cl)c(F)cc3c(=O)n2C)cc1. The van der Waals surface area contributed by atoms with Crippen LogP contribution in [0.4, 0.5) is 10.3 Å². The first-order chi connectivity index (χ1) is 12.0. The van der Waals surface area contributed by atoms with Gasteiger partial charge in [0, 0.05) is 13.6 Å². The Morgan fingerprint density at radius 1 is 1.28 bits per heavy atom. The lowest BCUT2D eigenvalue weighted by Gasteiger charge is -2.12. The van der Waals surface area contributed by atoms with E-state index >= 15 is 0 Å². The normalized spacial score (nSPS) is 10.9. The highest BCUT2D eigenvalue weighted by atomic mass is 35.5.